The predicted octanol–water partition coefficient (Wildman–Crippen LogP) is 0.396. The normalized spacial score (nSPS) is 31.9. The Morgan fingerprint density at radius 1 is 1.41 bits per heavy atom. The van der Waals surface area contributed by atoms with Crippen LogP contribution >= 0.6 is 0 Å². The standard InChI is InChI=1S/C13H25N3O/c1-3-15-6-4-12(9-15)10-16-7-5-14-8-11(2)13(16)17/h11-12,14H,3-10H2,1-2H3. The second-order valence-electron chi connectivity index (χ2n) is 5.44. The molecule has 0 aromatic carbocycles. The maximum Gasteiger partial charge on any atom is 0.226 e. The van der Waals surface area contributed by atoms with Gasteiger partial charge in [0.05, 0.1) is 0 Å². The van der Waals surface area contributed by atoms with Crippen LogP contribution in [0.15, 0.2) is 0 Å². The lowest BCUT2D eigenvalue weighted by atomic mass is 10.1. The molecule has 17 heavy (non-hydrogen) atoms. The molecule has 0 aromatic heterocycles. The van der Waals surface area contributed by atoms with E-state index >= 15 is 0 Å². The van der Waals surface area contributed by atoms with Crippen molar-refractivity contribution in [3.8, 4) is 0 Å². The highest BCUT2D eigenvalue weighted by molar-refractivity contribution is 5.79. The van der Waals surface area contributed by atoms with E-state index in [-0.39, 0.29) is 5.92 Å². The van der Waals surface area contributed by atoms with Crippen LogP contribution in [0.1, 0.15) is 20.3 Å². The fourth-order valence-corrected chi connectivity index (χ4v) is 2.88. The van der Waals surface area contributed by atoms with Crippen LogP contribution in [0.25, 0.3) is 0 Å². The van der Waals surface area contributed by atoms with Crippen LogP contribution in [0.3, 0.4) is 0 Å². The van der Waals surface area contributed by atoms with Gasteiger partial charge < -0.3 is 15.1 Å². The Hall–Kier alpha value is -0.610. The van der Waals surface area contributed by atoms with Gasteiger partial charge in [-0.05, 0) is 25.4 Å². The first-order valence-corrected chi connectivity index (χ1v) is 6.92. The average Bonchev–Trinajstić information content (AvgIpc) is 2.73. The third kappa shape index (κ3) is 3.19. The van der Waals surface area contributed by atoms with Gasteiger partial charge in [-0.25, -0.2) is 0 Å². The van der Waals surface area contributed by atoms with Crippen molar-refractivity contribution >= 4 is 5.91 Å². The Labute approximate surface area is 104 Å². The zero-order valence-corrected chi connectivity index (χ0v) is 11.1. The van der Waals surface area contributed by atoms with Crippen molar-refractivity contribution in [2.75, 3.05) is 45.8 Å². The Bertz CT molecular complexity index is 269. The molecule has 1 amide bonds. The molecule has 0 bridgehead atoms. The number of amides is 1. The van der Waals surface area contributed by atoms with Crippen molar-refractivity contribution in [3.05, 3.63) is 0 Å². The summed E-state index contributed by atoms with van der Waals surface area (Å²) in [5.74, 6) is 1.16. The molecule has 98 valence electrons. The second-order valence-corrected chi connectivity index (χ2v) is 5.44. The molecule has 0 aromatic rings. The lowest BCUT2D eigenvalue weighted by Gasteiger charge is -2.25. The van der Waals surface area contributed by atoms with Gasteiger partial charge in [0.25, 0.3) is 0 Å². The Balaban J connectivity index is 1.87. The fraction of sp³-hybridized carbons (Fsp3) is 0.923. The lowest BCUT2D eigenvalue weighted by Crippen LogP contribution is -2.39. The lowest BCUT2D eigenvalue weighted by molar-refractivity contribution is -0.134. The first-order chi connectivity index (χ1) is 8.20. The Kier molecular flexibility index (Phi) is 4.40. The number of carbonyl (C=O) groups is 1. The molecule has 0 radical (unpaired) electrons. The van der Waals surface area contributed by atoms with Crippen LogP contribution < -0.4 is 5.32 Å². The minimum Gasteiger partial charge on any atom is -0.341 e. The van der Waals surface area contributed by atoms with Gasteiger partial charge >= 0.3 is 0 Å². The highest BCUT2D eigenvalue weighted by Gasteiger charge is 2.28. The van der Waals surface area contributed by atoms with Gasteiger partial charge in [0.15, 0.2) is 0 Å². The molecule has 2 unspecified atom stereocenters. The predicted molar refractivity (Wildman–Crippen MR) is 68.8 cm³/mol. The van der Waals surface area contributed by atoms with Crippen LogP contribution in [-0.2, 0) is 4.79 Å². The molecule has 1 N–H and O–H groups in total. The summed E-state index contributed by atoms with van der Waals surface area (Å²) in [6.07, 6.45) is 1.25. The smallest absolute Gasteiger partial charge is 0.226 e. The van der Waals surface area contributed by atoms with E-state index in [9.17, 15) is 4.79 Å². The summed E-state index contributed by atoms with van der Waals surface area (Å²) in [5, 5.41) is 3.33. The fourth-order valence-electron chi connectivity index (χ4n) is 2.88. The molecule has 2 rings (SSSR count). The number of nitrogens with zero attached hydrogens (tertiary/aromatic N) is 2. The first kappa shape index (κ1) is 12.8. The SMILES string of the molecule is CCN1CCC(CN2CCNCC(C)C2=O)C1. The summed E-state index contributed by atoms with van der Waals surface area (Å²) in [5.41, 5.74) is 0. The maximum absolute atomic E-state index is 12.2. The molecule has 2 atom stereocenters. The monoisotopic (exact) mass is 239 g/mol. The Morgan fingerprint density at radius 2 is 2.24 bits per heavy atom. The molecular formula is C13H25N3O. The number of nitrogens with one attached hydrogen (secondary N) is 1. The zero-order chi connectivity index (χ0) is 12.3. The van der Waals surface area contributed by atoms with Crippen molar-refractivity contribution in [3.63, 3.8) is 0 Å². The van der Waals surface area contributed by atoms with Crippen LogP contribution in [-0.4, -0.2) is 61.5 Å². The average molecular weight is 239 g/mol. The molecule has 0 spiro atoms. The van der Waals surface area contributed by atoms with Crippen molar-refractivity contribution in [1.82, 2.24) is 15.1 Å². The summed E-state index contributed by atoms with van der Waals surface area (Å²) in [7, 11) is 0. The molecular weight excluding hydrogens is 214 g/mol. The van der Waals surface area contributed by atoms with Gasteiger partial charge in [-0.15, -0.1) is 0 Å². The summed E-state index contributed by atoms with van der Waals surface area (Å²) in [6, 6.07) is 0. The number of hydrogen-bond donors (Lipinski definition) is 1. The quantitative estimate of drug-likeness (QED) is 0.774. The summed E-state index contributed by atoms with van der Waals surface area (Å²) >= 11 is 0. The van der Waals surface area contributed by atoms with E-state index in [1.165, 1.54) is 19.5 Å². The van der Waals surface area contributed by atoms with Crippen molar-refractivity contribution in [2.24, 2.45) is 11.8 Å². The first-order valence-electron chi connectivity index (χ1n) is 6.92. The van der Waals surface area contributed by atoms with E-state index in [4.69, 9.17) is 0 Å². The topological polar surface area (TPSA) is 35.6 Å². The second kappa shape index (κ2) is 5.83. The molecule has 2 saturated heterocycles. The van der Waals surface area contributed by atoms with Gasteiger partial charge in [0, 0.05) is 38.6 Å². The molecule has 2 aliphatic rings. The van der Waals surface area contributed by atoms with E-state index in [1.54, 1.807) is 0 Å². The molecule has 0 aliphatic carbocycles. The Morgan fingerprint density at radius 3 is 2.94 bits per heavy atom. The molecule has 2 aliphatic heterocycles. The van der Waals surface area contributed by atoms with Crippen LogP contribution in [0.2, 0.25) is 0 Å². The van der Waals surface area contributed by atoms with Gasteiger partial charge in [0.1, 0.15) is 0 Å². The highest BCUT2D eigenvalue weighted by atomic mass is 16.2. The van der Waals surface area contributed by atoms with E-state index in [1.807, 2.05) is 6.92 Å². The summed E-state index contributed by atoms with van der Waals surface area (Å²) in [6.45, 7) is 11.4. The molecule has 4 nitrogen and oxygen atoms in total. The van der Waals surface area contributed by atoms with Gasteiger partial charge in [0.2, 0.25) is 5.91 Å². The number of carbonyl (C=O) groups excluding carboxylic acids is 1. The maximum atomic E-state index is 12.2. The highest BCUT2D eigenvalue weighted by Crippen LogP contribution is 2.18. The van der Waals surface area contributed by atoms with Gasteiger partial charge in [-0.3, -0.25) is 4.79 Å². The van der Waals surface area contributed by atoms with Crippen LogP contribution in [0.4, 0.5) is 0 Å². The summed E-state index contributed by atoms with van der Waals surface area (Å²) < 4.78 is 0. The number of rotatable bonds is 3. The molecule has 2 fully saturated rings. The van der Waals surface area contributed by atoms with Gasteiger partial charge in [-0.1, -0.05) is 13.8 Å². The van der Waals surface area contributed by atoms with E-state index in [0.717, 1.165) is 32.7 Å². The molecule has 0 saturated carbocycles. The molecule has 4 heteroatoms. The van der Waals surface area contributed by atoms with Crippen LogP contribution in [0, 0.1) is 11.8 Å². The third-order valence-corrected chi connectivity index (χ3v) is 4.04. The van der Waals surface area contributed by atoms with E-state index < -0.39 is 0 Å². The molecule has 2 heterocycles. The van der Waals surface area contributed by atoms with Crippen LogP contribution in [0.5, 0.6) is 0 Å². The minimum absolute atomic E-state index is 0.140. The van der Waals surface area contributed by atoms with Crippen molar-refractivity contribution in [1.29, 1.82) is 0 Å². The summed E-state index contributed by atoms with van der Waals surface area (Å²) in [4.78, 5) is 16.7. The van der Waals surface area contributed by atoms with E-state index in [2.05, 4.69) is 22.0 Å². The zero-order valence-electron chi connectivity index (χ0n) is 11.1. The third-order valence-electron chi connectivity index (χ3n) is 4.04. The van der Waals surface area contributed by atoms with E-state index in [0.29, 0.717) is 11.8 Å². The number of hydrogen-bond acceptors (Lipinski definition) is 3. The van der Waals surface area contributed by atoms with Crippen molar-refractivity contribution < 1.29 is 4.79 Å². The van der Waals surface area contributed by atoms with Gasteiger partial charge in [-0.2, -0.15) is 0 Å². The largest absolute Gasteiger partial charge is 0.341 e. The van der Waals surface area contributed by atoms with Crippen molar-refractivity contribution in [2.45, 2.75) is 20.3 Å². The minimum atomic E-state index is 0.140. The number of likely N-dealkylation sites (tertiary alicyclic amines) is 1.